The standard InChI is InChI=1S/C30H27N5O8/c36-24-25(37)27(30(39)40)43-29(26(24)38)35-33-28(32-34-35)22-7-3-1-6-18(22)15-41-20-11-13-21(14-12-20)42-16-19-10-9-17-5-2-4-8-23(17)31-19/h1-14,24-27,29,36-38H,15-16H2,(H,39,40)/p+1/t24-,25-,26+,27-,29?/m0/s1. The first-order chi connectivity index (χ1) is 20.9. The number of hydrogen-bond donors (Lipinski definition) is 4. The van der Waals surface area contributed by atoms with E-state index in [0.29, 0.717) is 23.7 Å². The Balaban J connectivity index is 1.10. The topological polar surface area (TPSA) is 183 Å². The number of carbonyl (C=O) groups is 1. The molecule has 5 N–H and O–H groups in total. The first kappa shape index (κ1) is 28.2. The number of H-pyrrole nitrogens is 1. The van der Waals surface area contributed by atoms with Gasteiger partial charge < -0.3 is 34.6 Å². The number of aliphatic hydroxyl groups is 3. The minimum Gasteiger partial charge on any atom is -0.489 e. The van der Waals surface area contributed by atoms with Gasteiger partial charge in [0.05, 0.1) is 0 Å². The summed E-state index contributed by atoms with van der Waals surface area (Å²) < 4.78 is 17.2. The highest BCUT2D eigenvalue weighted by atomic mass is 16.6. The molecule has 3 heterocycles. The zero-order chi connectivity index (χ0) is 29.9. The summed E-state index contributed by atoms with van der Waals surface area (Å²) in [7, 11) is 0. The van der Waals surface area contributed by atoms with Crippen LogP contribution in [0.5, 0.6) is 11.5 Å². The molecular weight excluding hydrogens is 558 g/mol. The van der Waals surface area contributed by atoms with E-state index >= 15 is 0 Å². The van der Waals surface area contributed by atoms with Crippen molar-refractivity contribution in [3.8, 4) is 22.9 Å². The number of nitrogens with one attached hydrogen (secondary N) is 1. The highest BCUT2D eigenvalue weighted by Crippen LogP contribution is 2.29. The quantitative estimate of drug-likeness (QED) is 0.196. The van der Waals surface area contributed by atoms with E-state index in [1.165, 1.54) is 0 Å². The number of aliphatic carboxylic acids is 1. The van der Waals surface area contributed by atoms with Crippen molar-refractivity contribution >= 4 is 16.9 Å². The van der Waals surface area contributed by atoms with Crippen LogP contribution in [0.3, 0.4) is 0 Å². The lowest BCUT2D eigenvalue weighted by Gasteiger charge is -2.37. The van der Waals surface area contributed by atoms with E-state index in [2.05, 4.69) is 20.4 Å². The van der Waals surface area contributed by atoms with Crippen molar-refractivity contribution < 1.29 is 44.4 Å². The second kappa shape index (κ2) is 12.1. The van der Waals surface area contributed by atoms with Crippen LogP contribution < -0.4 is 14.5 Å². The predicted molar refractivity (Wildman–Crippen MR) is 148 cm³/mol. The Morgan fingerprint density at radius 3 is 2.30 bits per heavy atom. The van der Waals surface area contributed by atoms with E-state index in [-0.39, 0.29) is 12.4 Å². The summed E-state index contributed by atoms with van der Waals surface area (Å²) in [6.45, 7) is 0.553. The Morgan fingerprint density at radius 1 is 0.837 bits per heavy atom. The number of pyridine rings is 1. The molecule has 3 aromatic carbocycles. The van der Waals surface area contributed by atoms with Crippen LogP contribution in [0.4, 0.5) is 0 Å². The van der Waals surface area contributed by atoms with Gasteiger partial charge in [-0.1, -0.05) is 36.4 Å². The van der Waals surface area contributed by atoms with Crippen LogP contribution in [0.2, 0.25) is 0 Å². The van der Waals surface area contributed by atoms with Gasteiger partial charge in [0.1, 0.15) is 36.4 Å². The van der Waals surface area contributed by atoms with Crippen molar-refractivity contribution in [3.05, 3.63) is 96.2 Å². The highest BCUT2D eigenvalue weighted by molar-refractivity contribution is 5.75. The van der Waals surface area contributed by atoms with Gasteiger partial charge in [0.15, 0.2) is 12.7 Å². The van der Waals surface area contributed by atoms with Gasteiger partial charge in [0.2, 0.25) is 23.3 Å². The van der Waals surface area contributed by atoms with E-state index in [1.54, 1.807) is 24.3 Å². The van der Waals surface area contributed by atoms with Crippen molar-refractivity contribution in [2.24, 2.45) is 0 Å². The van der Waals surface area contributed by atoms with Crippen molar-refractivity contribution in [2.75, 3.05) is 0 Å². The molecule has 43 heavy (non-hydrogen) atoms. The summed E-state index contributed by atoms with van der Waals surface area (Å²) >= 11 is 0. The largest absolute Gasteiger partial charge is 0.489 e. The number of benzene rings is 3. The lowest BCUT2D eigenvalue weighted by Crippen LogP contribution is -2.58. The van der Waals surface area contributed by atoms with Gasteiger partial charge in [-0.05, 0) is 41.6 Å². The van der Waals surface area contributed by atoms with Gasteiger partial charge in [-0.25, -0.2) is 9.78 Å². The third kappa shape index (κ3) is 6.01. The molecule has 6 rings (SSSR count). The first-order valence-corrected chi connectivity index (χ1v) is 13.4. The molecule has 220 valence electrons. The van der Waals surface area contributed by atoms with E-state index in [1.807, 2.05) is 60.7 Å². The maximum Gasteiger partial charge on any atom is 0.335 e. The smallest absolute Gasteiger partial charge is 0.335 e. The van der Waals surface area contributed by atoms with E-state index in [4.69, 9.17) is 14.2 Å². The zero-order valence-electron chi connectivity index (χ0n) is 22.6. The molecule has 0 spiro atoms. The van der Waals surface area contributed by atoms with Gasteiger partial charge >= 0.3 is 5.97 Å². The third-order valence-electron chi connectivity index (χ3n) is 7.08. The monoisotopic (exact) mass is 586 g/mol. The average molecular weight is 587 g/mol. The second-order valence-corrected chi connectivity index (χ2v) is 9.97. The maximum atomic E-state index is 11.4. The van der Waals surface area contributed by atoms with Gasteiger partial charge in [-0.3, -0.25) is 0 Å². The second-order valence-electron chi connectivity index (χ2n) is 9.97. The van der Waals surface area contributed by atoms with Gasteiger partial charge in [0, 0.05) is 28.6 Å². The molecule has 0 radical (unpaired) electrons. The lowest BCUT2D eigenvalue weighted by molar-refractivity contribution is -0.362. The van der Waals surface area contributed by atoms with Crippen LogP contribution in [0.25, 0.3) is 22.3 Å². The predicted octanol–water partition coefficient (Wildman–Crippen LogP) is 1.53. The number of aromatic amines is 1. The van der Waals surface area contributed by atoms with E-state index in [9.17, 15) is 25.2 Å². The lowest BCUT2D eigenvalue weighted by atomic mass is 9.98. The molecule has 0 aliphatic carbocycles. The summed E-state index contributed by atoms with van der Waals surface area (Å²) in [5.41, 5.74) is 3.30. The number of fused-ring (bicyclic) bond motifs is 1. The van der Waals surface area contributed by atoms with Crippen molar-refractivity contribution in [3.63, 3.8) is 0 Å². The SMILES string of the molecule is O=C(O)[C@H]1OC(n2nnc(-c3ccccc3COc3ccc(OCc4ccc5ccccc5[nH+]4)cc3)n2)[C@H](O)[C@@H](O)[C@@H]1O. The van der Waals surface area contributed by atoms with Crippen molar-refractivity contribution in [1.29, 1.82) is 0 Å². The molecular formula is C30H28N5O8+. The summed E-state index contributed by atoms with van der Waals surface area (Å²) in [5, 5.41) is 53.0. The first-order valence-electron chi connectivity index (χ1n) is 13.4. The number of para-hydroxylation sites is 1. The van der Waals surface area contributed by atoms with Crippen molar-refractivity contribution in [1.82, 2.24) is 20.2 Å². The Kier molecular flexibility index (Phi) is 7.94. The highest BCUT2D eigenvalue weighted by Gasteiger charge is 2.48. The number of tetrazole rings is 1. The van der Waals surface area contributed by atoms with Crippen LogP contribution >= 0.6 is 0 Å². The zero-order valence-corrected chi connectivity index (χ0v) is 22.6. The summed E-state index contributed by atoms with van der Waals surface area (Å²) in [4.78, 5) is 15.7. The van der Waals surface area contributed by atoms with Gasteiger partial charge in [-0.15, -0.1) is 15.0 Å². The number of hydrogen-bond acceptors (Lipinski definition) is 10. The van der Waals surface area contributed by atoms with Crippen LogP contribution in [-0.4, -0.2) is 71.0 Å². The molecule has 13 nitrogen and oxygen atoms in total. The minimum atomic E-state index is -1.83. The molecule has 5 atom stereocenters. The Bertz CT molecular complexity index is 1730. The average Bonchev–Trinajstić information content (AvgIpc) is 3.52. The Morgan fingerprint density at radius 2 is 1.53 bits per heavy atom. The van der Waals surface area contributed by atoms with Crippen LogP contribution in [0.15, 0.2) is 84.9 Å². The fraction of sp³-hybridized carbons (Fsp3) is 0.233. The number of nitrogens with zero attached hydrogens (tertiary/aromatic N) is 4. The van der Waals surface area contributed by atoms with Crippen LogP contribution in [0, 0.1) is 0 Å². The summed E-state index contributed by atoms with van der Waals surface area (Å²) in [5.74, 6) is -0.0434. The van der Waals surface area contributed by atoms with Gasteiger partial charge in [-0.2, -0.15) is 0 Å². The van der Waals surface area contributed by atoms with E-state index in [0.717, 1.165) is 27.0 Å². The molecule has 5 aromatic rings. The molecule has 1 fully saturated rings. The van der Waals surface area contributed by atoms with Crippen molar-refractivity contribution in [2.45, 2.75) is 43.9 Å². The molecule has 1 saturated heterocycles. The van der Waals surface area contributed by atoms with Crippen LogP contribution in [0.1, 0.15) is 17.5 Å². The number of aromatic nitrogens is 5. The third-order valence-corrected chi connectivity index (χ3v) is 7.08. The molecule has 0 bridgehead atoms. The summed E-state index contributed by atoms with van der Waals surface area (Å²) in [6.07, 6.45) is -8.57. The summed E-state index contributed by atoms with van der Waals surface area (Å²) in [6, 6.07) is 26.5. The Hall–Kier alpha value is -4.95. The fourth-order valence-corrected chi connectivity index (χ4v) is 4.76. The minimum absolute atomic E-state index is 0.164. The number of carboxylic acid groups (broad SMARTS) is 1. The Labute approximate surface area is 244 Å². The van der Waals surface area contributed by atoms with E-state index < -0.39 is 36.6 Å². The number of carboxylic acids is 1. The molecule has 0 saturated carbocycles. The molecule has 2 aromatic heterocycles. The molecule has 0 amide bonds. The fourth-order valence-electron chi connectivity index (χ4n) is 4.76. The molecule has 1 unspecified atom stereocenters. The maximum absolute atomic E-state index is 11.4. The van der Waals surface area contributed by atoms with Crippen LogP contribution in [-0.2, 0) is 22.7 Å². The number of rotatable bonds is 9. The number of ether oxygens (including phenoxy) is 3. The number of aliphatic hydroxyl groups excluding tert-OH is 3. The molecule has 1 aliphatic heterocycles. The molecule has 13 heteroatoms. The van der Waals surface area contributed by atoms with Gasteiger partial charge in [0.25, 0.3) is 0 Å². The molecule has 1 aliphatic rings. The normalized spacial score (nSPS) is 21.9.